The number of hydrogen-bond acceptors (Lipinski definition) is 4. The number of hydrogen-bond donors (Lipinski definition) is 0. The van der Waals surface area contributed by atoms with E-state index in [0.717, 1.165) is 30.0 Å². The van der Waals surface area contributed by atoms with Crippen LogP contribution in [0.2, 0.25) is 0 Å². The van der Waals surface area contributed by atoms with Gasteiger partial charge in [0.2, 0.25) is 0 Å². The van der Waals surface area contributed by atoms with Crippen LogP contribution in [0.5, 0.6) is 0 Å². The highest BCUT2D eigenvalue weighted by atomic mass is 16.2. The predicted octanol–water partition coefficient (Wildman–Crippen LogP) is 2.43. The minimum Gasteiger partial charge on any atom is -0.361 e. The van der Waals surface area contributed by atoms with E-state index in [1.54, 1.807) is 12.3 Å². The molecular formula is C19H21N5O. The van der Waals surface area contributed by atoms with Crippen LogP contribution in [-0.4, -0.2) is 52.4 Å². The molecule has 0 aliphatic carbocycles. The summed E-state index contributed by atoms with van der Waals surface area (Å²) in [5.74, 6) is 1.20. The Morgan fingerprint density at radius 3 is 2.88 bits per heavy atom. The Bertz CT molecular complexity index is 903. The van der Waals surface area contributed by atoms with Gasteiger partial charge in [0.25, 0.3) is 5.91 Å². The highest BCUT2D eigenvalue weighted by molar-refractivity contribution is 5.92. The van der Waals surface area contributed by atoms with Gasteiger partial charge in [-0.15, -0.1) is 0 Å². The first kappa shape index (κ1) is 15.6. The van der Waals surface area contributed by atoms with E-state index in [1.165, 1.54) is 0 Å². The molecule has 1 fully saturated rings. The lowest BCUT2D eigenvalue weighted by Crippen LogP contribution is -2.29. The second kappa shape index (κ2) is 6.20. The van der Waals surface area contributed by atoms with Gasteiger partial charge in [0.1, 0.15) is 5.69 Å². The number of rotatable bonds is 3. The van der Waals surface area contributed by atoms with Crippen molar-refractivity contribution < 1.29 is 4.79 Å². The highest BCUT2D eigenvalue weighted by Crippen LogP contribution is 2.29. The molecule has 0 aromatic carbocycles. The van der Waals surface area contributed by atoms with Gasteiger partial charge >= 0.3 is 0 Å². The van der Waals surface area contributed by atoms with Crippen LogP contribution in [0.3, 0.4) is 0 Å². The number of fused-ring (bicyclic) bond motifs is 1. The number of amides is 1. The van der Waals surface area contributed by atoms with E-state index in [2.05, 4.69) is 21.6 Å². The topological polar surface area (TPSA) is 53.7 Å². The van der Waals surface area contributed by atoms with E-state index >= 15 is 0 Å². The molecule has 0 unspecified atom stereocenters. The van der Waals surface area contributed by atoms with Crippen molar-refractivity contribution in [1.82, 2.24) is 19.3 Å². The van der Waals surface area contributed by atoms with E-state index in [-0.39, 0.29) is 11.8 Å². The molecular weight excluding hydrogens is 314 g/mol. The van der Waals surface area contributed by atoms with Gasteiger partial charge in [0.15, 0.2) is 5.82 Å². The van der Waals surface area contributed by atoms with Gasteiger partial charge in [-0.1, -0.05) is 6.07 Å². The number of nitrogens with zero attached hydrogens (tertiary/aromatic N) is 5. The van der Waals surface area contributed by atoms with Crippen molar-refractivity contribution in [2.24, 2.45) is 0 Å². The van der Waals surface area contributed by atoms with Crippen LogP contribution in [0.15, 0.2) is 48.9 Å². The molecule has 25 heavy (non-hydrogen) atoms. The SMILES string of the molecule is CN(C)c1nc([C@H]2CCN(C(=O)c3ccccn3)C2)cn2cccc12. The minimum absolute atomic E-state index is 0.00187. The maximum absolute atomic E-state index is 12.6. The number of aromatic nitrogens is 3. The molecule has 1 saturated heterocycles. The van der Waals surface area contributed by atoms with Gasteiger partial charge in [-0.25, -0.2) is 4.98 Å². The van der Waals surface area contributed by atoms with Crippen molar-refractivity contribution in [2.75, 3.05) is 32.1 Å². The molecule has 4 heterocycles. The van der Waals surface area contributed by atoms with Crippen LogP contribution in [0.4, 0.5) is 5.82 Å². The normalized spacial score (nSPS) is 17.2. The first-order valence-corrected chi connectivity index (χ1v) is 8.49. The van der Waals surface area contributed by atoms with Gasteiger partial charge < -0.3 is 14.2 Å². The average Bonchev–Trinajstić information content (AvgIpc) is 3.30. The summed E-state index contributed by atoms with van der Waals surface area (Å²) in [7, 11) is 4.01. The first-order chi connectivity index (χ1) is 12.1. The van der Waals surface area contributed by atoms with Crippen molar-refractivity contribution in [3.8, 4) is 0 Å². The Balaban J connectivity index is 1.59. The lowest BCUT2D eigenvalue weighted by Gasteiger charge is -2.18. The second-order valence-electron chi connectivity index (χ2n) is 6.64. The van der Waals surface area contributed by atoms with Crippen LogP contribution in [0.1, 0.15) is 28.5 Å². The first-order valence-electron chi connectivity index (χ1n) is 8.49. The van der Waals surface area contributed by atoms with Crippen molar-refractivity contribution in [3.63, 3.8) is 0 Å². The molecule has 1 aliphatic heterocycles. The third kappa shape index (κ3) is 2.84. The summed E-state index contributed by atoms with van der Waals surface area (Å²) in [5, 5.41) is 0. The number of pyridine rings is 1. The van der Waals surface area contributed by atoms with Gasteiger partial charge in [0, 0.05) is 51.7 Å². The zero-order chi connectivity index (χ0) is 17.4. The monoisotopic (exact) mass is 335 g/mol. The molecule has 6 nitrogen and oxygen atoms in total. The fraction of sp³-hybridized carbons (Fsp3) is 0.316. The molecule has 0 bridgehead atoms. The zero-order valence-corrected chi connectivity index (χ0v) is 14.5. The summed E-state index contributed by atoms with van der Waals surface area (Å²) in [6.45, 7) is 1.42. The third-order valence-corrected chi connectivity index (χ3v) is 4.72. The Hall–Kier alpha value is -2.89. The van der Waals surface area contributed by atoms with Crippen LogP contribution >= 0.6 is 0 Å². The quantitative estimate of drug-likeness (QED) is 0.738. The van der Waals surface area contributed by atoms with Crippen molar-refractivity contribution in [3.05, 3.63) is 60.3 Å². The van der Waals surface area contributed by atoms with Crippen LogP contribution in [0.25, 0.3) is 5.52 Å². The minimum atomic E-state index is -0.00187. The molecule has 1 amide bonds. The third-order valence-electron chi connectivity index (χ3n) is 4.72. The number of likely N-dealkylation sites (tertiary alicyclic amines) is 1. The Morgan fingerprint density at radius 1 is 1.24 bits per heavy atom. The average molecular weight is 335 g/mol. The summed E-state index contributed by atoms with van der Waals surface area (Å²) in [4.78, 5) is 25.6. The van der Waals surface area contributed by atoms with Crippen molar-refractivity contribution in [2.45, 2.75) is 12.3 Å². The molecule has 0 N–H and O–H groups in total. The van der Waals surface area contributed by atoms with E-state index in [0.29, 0.717) is 12.2 Å². The Labute approximate surface area is 146 Å². The lowest BCUT2D eigenvalue weighted by atomic mass is 10.1. The summed E-state index contributed by atoms with van der Waals surface area (Å²) < 4.78 is 2.11. The lowest BCUT2D eigenvalue weighted by molar-refractivity contribution is 0.0785. The van der Waals surface area contributed by atoms with E-state index in [9.17, 15) is 4.79 Å². The van der Waals surface area contributed by atoms with Crippen molar-refractivity contribution in [1.29, 1.82) is 0 Å². The van der Waals surface area contributed by atoms with E-state index < -0.39 is 0 Å². The van der Waals surface area contributed by atoms with E-state index in [1.807, 2.05) is 48.3 Å². The molecule has 4 rings (SSSR count). The Kier molecular flexibility index (Phi) is 3.87. The van der Waals surface area contributed by atoms with Crippen LogP contribution < -0.4 is 4.90 Å². The molecule has 1 atom stereocenters. The summed E-state index contributed by atoms with van der Waals surface area (Å²) in [6, 6.07) is 9.53. The maximum atomic E-state index is 12.6. The maximum Gasteiger partial charge on any atom is 0.272 e. The van der Waals surface area contributed by atoms with Gasteiger partial charge in [0.05, 0.1) is 11.2 Å². The summed E-state index contributed by atoms with van der Waals surface area (Å²) in [6.07, 6.45) is 6.71. The van der Waals surface area contributed by atoms with Gasteiger partial charge in [-0.05, 0) is 30.7 Å². The molecule has 6 heteroatoms. The number of carbonyl (C=O) groups excluding carboxylic acids is 1. The molecule has 1 aliphatic rings. The molecule has 3 aromatic rings. The molecule has 128 valence electrons. The van der Waals surface area contributed by atoms with Crippen molar-refractivity contribution >= 4 is 17.2 Å². The zero-order valence-electron chi connectivity index (χ0n) is 14.5. The van der Waals surface area contributed by atoms with Crippen LogP contribution in [0, 0.1) is 0 Å². The summed E-state index contributed by atoms with van der Waals surface area (Å²) >= 11 is 0. The fourth-order valence-electron chi connectivity index (χ4n) is 3.41. The predicted molar refractivity (Wildman–Crippen MR) is 97.0 cm³/mol. The standard InChI is InChI=1S/C19H21N5O/c1-22(2)18-17-7-5-10-23(17)13-16(21-18)14-8-11-24(12-14)19(25)15-6-3-4-9-20-15/h3-7,9-10,13-14H,8,11-12H2,1-2H3/t14-/m0/s1. The highest BCUT2D eigenvalue weighted by Gasteiger charge is 2.30. The Morgan fingerprint density at radius 2 is 2.12 bits per heavy atom. The summed E-state index contributed by atoms with van der Waals surface area (Å²) in [5.41, 5.74) is 2.63. The van der Waals surface area contributed by atoms with Crippen LogP contribution in [-0.2, 0) is 0 Å². The van der Waals surface area contributed by atoms with Gasteiger partial charge in [-0.3, -0.25) is 9.78 Å². The van der Waals surface area contributed by atoms with Gasteiger partial charge in [-0.2, -0.15) is 0 Å². The fourth-order valence-corrected chi connectivity index (χ4v) is 3.41. The molecule has 0 spiro atoms. The molecule has 3 aromatic heterocycles. The number of anilines is 1. The van der Waals surface area contributed by atoms with E-state index in [4.69, 9.17) is 4.98 Å². The number of carbonyl (C=O) groups is 1. The molecule has 0 radical (unpaired) electrons. The second-order valence-corrected chi connectivity index (χ2v) is 6.64. The smallest absolute Gasteiger partial charge is 0.272 e. The molecule has 0 saturated carbocycles. The largest absolute Gasteiger partial charge is 0.361 e.